The Morgan fingerprint density at radius 3 is 2.68 bits per heavy atom. The number of benzene rings is 2. The Kier molecular flexibility index (Phi) is 4.17. The monoisotopic (exact) mass is 479 g/mol. The van der Waals surface area contributed by atoms with E-state index in [1.165, 1.54) is 4.90 Å². The van der Waals surface area contributed by atoms with E-state index in [1.54, 1.807) is 0 Å². The van der Waals surface area contributed by atoms with E-state index < -0.39 is 17.4 Å². The third-order valence-corrected chi connectivity index (χ3v) is 8.01. The molecule has 0 saturated carbocycles. The molecule has 7 heteroatoms. The fourth-order valence-corrected chi connectivity index (χ4v) is 6.70. The third-order valence-electron chi connectivity index (χ3n) is 7.51. The second-order valence-corrected chi connectivity index (χ2v) is 9.80. The molecule has 2 aromatic carbocycles. The van der Waals surface area contributed by atoms with Crippen molar-refractivity contribution in [3.63, 3.8) is 0 Å². The Morgan fingerprint density at radius 2 is 1.87 bits per heavy atom. The number of nitrogens with zero attached hydrogens (tertiary/aromatic N) is 2. The standard InChI is InChI=1S/C24H22BrN3O3/c25-15-8-9-17-16(13-15)24(23(31)26-17)20-19(18-7-4-11-28(18)24)21(29)27(22(20)30)12-10-14-5-2-1-3-6-14/h1-3,5-6,8-9,13,18-20H,4,7,10-12H2,(H,26,31)/t18-,19-,20+,24+/m1/s1. The number of halogens is 1. The molecule has 4 atom stereocenters. The van der Waals surface area contributed by atoms with E-state index >= 15 is 0 Å². The maximum atomic E-state index is 13.7. The Hall–Kier alpha value is -2.51. The lowest BCUT2D eigenvalue weighted by Crippen LogP contribution is -2.54. The van der Waals surface area contributed by atoms with E-state index in [0.29, 0.717) is 13.0 Å². The van der Waals surface area contributed by atoms with Crippen molar-refractivity contribution < 1.29 is 14.4 Å². The summed E-state index contributed by atoms with van der Waals surface area (Å²) in [5.41, 5.74) is 1.55. The van der Waals surface area contributed by atoms with Crippen molar-refractivity contribution in [3.8, 4) is 0 Å². The molecule has 1 N–H and O–H groups in total. The van der Waals surface area contributed by atoms with Crippen LogP contribution >= 0.6 is 15.9 Å². The van der Waals surface area contributed by atoms with Crippen LogP contribution in [0.3, 0.4) is 0 Å². The van der Waals surface area contributed by atoms with E-state index in [-0.39, 0.29) is 23.8 Å². The van der Waals surface area contributed by atoms with Crippen molar-refractivity contribution in [2.45, 2.75) is 30.8 Å². The van der Waals surface area contributed by atoms with Gasteiger partial charge in [0.2, 0.25) is 17.7 Å². The number of hydrogen-bond donors (Lipinski definition) is 1. The molecule has 4 aliphatic heterocycles. The quantitative estimate of drug-likeness (QED) is 0.687. The molecule has 4 aliphatic rings. The number of hydrogen-bond acceptors (Lipinski definition) is 4. The minimum Gasteiger partial charge on any atom is -0.324 e. The highest BCUT2D eigenvalue weighted by molar-refractivity contribution is 9.10. The second kappa shape index (κ2) is 6.74. The number of nitrogens with one attached hydrogen (secondary N) is 1. The van der Waals surface area contributed by atoms with E-state index in [2.05, 4.69) is 26.1 Å². The summed E-state index contributed by atoms with van der Waals surface area (Å²) in [4.78, 5) is 44.4. The zero-order valence-electron chi connectivity index (χ0n) is 16.9. The number of amides is 3. The highest BCUT2D eigenvalue weighted by Crippen LogP contribution is 2.60. The number of likely N-dealkylation sites (tertiary alicyclic amines) is 1. The average Bonchev–Trinajstić information content (AvgIpc) is 3.47. The molecule has 3 fully saturated rings. The predicted octanol–water partition coefficient (Wildman–Crippen LogP) is 2.92. The number of rotatable bonds is 3. The van der Waals surface area contributed by atoms with Crippen LogP contribution in [0.15, 0.2) is 53.0 Å². The maximum Gasteiger partial charge on any atom is 0.250 e. The van der Waals surface area contributed by atoms with E-state index in [9.17, 15) is 14.4 Å². The van der Waals surface area contributed by atoms with E-state index in [4.69, 9.17) is 0 Å². The molecule has 3 saturated heterocycles. The van der Waals surface area contributed by atoms with Crippen LogP contribution < -0.4 is 5.32 Å². The van der Waals surface area contributed by atoms with Gasteiger partial charge in [0.15, 0.2) is 0 Å². The molecule has 4 heterocycles. The lowest BCUT2D eigenvalue weighted by molar-refractivity contribution is -0.145. The van der Waals surface area contributed by atoms with Gasteiger partial charge in [-0.3, -0.25) is 24.2 Å². The molecule has 0 bridgehead atoms. The van der Waals surface area contributed by atoms with Crippen LogP contribution in [0.1, 0.15) is 24.0 Å². The van der Waals surface area contributed by atoms with E-state index in [1.807, 2.05) is 48.5 Å². The van der Waals surface area contributed by atoms with Crippen LogP contribution in [0.5, 0.6) is 0 Å². The van der Waals surface area contributed by atoms with Gasteiger partial charge in [0.1, 0.15) is 5.54 Å². The van der Waals surface area contributed by atoms with E-state index in [0.717, 1.165) is 40.7 Å². The minimum absolute atomic E-state index is 0.0705. The third kappa shape index (κ3) is 2.44. The average molecular weight is 480 g/mol. The highest BCUT2D eigenvalue weighted by atomic mass is 79.9. The zero-order chi connectivity index (χ0) is 21.3. The SMILES string of the molecule is O=C1[C@@H]2[C@H]3CCCN3[C@]3(C(=O)Nc4ccc(Br)cc43)[C@@H]2C(=O)N1CCc1ccccc1. The van der Waals surface area contributed by atoms with Gasteiger partial charge in [-0.15, -0.1) is 0 Å². The first-order chi connectivity index (χ1) is 15.0. The van der Waals surface area contributed by atoms with Crippen molar-refractivity contribution in [1.29, 1.82) is 0 Å². The van der Waals surface area contributed by atoms with Crippen LogP contribution in [0.2, 0.25) is 0 Å². The highest BCUT2D eigenvalue weighted by Gasteiger charge is 2.74. The Balaban J connectivity index is 1.43. The molecule has 6 nitrogen and oxygen atoms in total. The smallest absolute Gasteiger partial charge is 0.250 e. The molecular weight excluding hydrogens is 458 g/mol. The topological polar surface area (TPSA) is 69.7 Å². The molecule has 158 valence electrons. The Labute approximate surface area is 188 Å². The summed E-state index contributed by atoms with van der Waals surface area (Å²) in [5.74, 6) is -1.62. The molecule has 0 aliphatic carbocycles. The summed E-state index contributed by atoms with van der Waals surface area (Å²) in [7, 11) is 0. The van der Waals surface area contributed by atoms with Crippen molar-refractivity contribution in [1.82, 2.24) is 9.80 Å². The van der Waals surface area contributed by atoms with Gasteiger partial charge < -0.3 is 5.32 Å². The van der Waals surface area contributed by atoms with Gasteiger partial charge in [0, 0.05) is 28.3 Å². The summed E-state index contributed by atoms with van der Waals surface area (Å²) in [6.45, 7) is 1.08. The van der Waals surface area contributed by atoms with Gasteiger partial charge in [-0.1, -0.05) is 46.3 Å². The summed E-state index contributed by atoms with van der Waals surface area (Å²) in [6, 6.07) is 15.5. The first-order valence-electron chi connectivity index (χ1n) is 10.8. The van der Waals surface area contributed by atoms with Crippen molar-refractivity contribution in [2.24, 2.45) is 11.8 Å². The number of carbonyl (C=O) groups is 3. The molecule has 0 radical (unpaired) electrons. The molecule has 0 unspecified atom stereocenters. The van der Waals surface area contributed by atoms with Gasteiger partial charge in [0.25, 0.3) is 0 Å². The molecule has 2 aromatic rings. The zero-order valence-corrected chi connectivity index (χ0v) is 18.5. The summed E-state index contributed by atoms with van der Waals surface area (Å²) < 4.78 is 0.860. The summed E-state index contributed by atoms with van der Waals surface area (Å²) in [5, 5.41) is 3.01. The molecule has 0 aromatic heterocycles. The molecule has 1 spiro atoms. The molecule has 6 rings (SSSR count). The van der Waals surface area contributed by atoms with Gasteiger partial charge in [-0.2, -0.15) is 0 Å². The first-order valence-corrected chi connectivity index (χ1v) is 11.6. The predicted molar refractivity (Wildman–Crippen MR) is 118 cm³/mol. The number of fused-ring (bicyclic) bond motifs is 7. The van der Waals surface area contributed by atoms with Crippen LogP contribution in [0, 0.1) is 11.8 Å². The number of imide groups is 1. The summed E-state index contributed by atoms with van der Waals surface area (Å²) >= 11 is 3.53. The van der Waals surface area contributed by atoms with Crippen molar-refractivity contribution in [2.75, 3.05) is 18.4 Å². The van der Waals surface area contributed by atoms with Crippen LogP contribution in [0.25, 0.3) is 0 Å². The lowest BCUT2D eigenvalue weighted by atomic mass is 9.75. The second-order valence-electron chi connectivity index (χ2n) is 8.88. The normalized spacial score (nSPS) is 31.3. The fourth-order valence-electron chi connectivity index (χ4n) is 6.34. The van der Waals surface area contributed by atoms with Crippen LogP contribution in [0.4, 0.5) is 5.69 Å². The fraction of sp³-hybridized carbons (Fsp3) is 0.375. The van der Waals surface area contributed by atoms with Gasteiger partial charge >= 0.3 is 0 Å². The molecule has 31 heavy (non-hydrogen) atoms. The van der Waals surface area contributed by atoms with Crippen LogP contribution in [-0.4, -0.2) is 46.7 Å². The Bertz CT molecular complexity index is 1120. The molecular formula is C24H22BrN3O3. The molecule has 3 amide bonds. The Morgan fingerprint density at radius 1 is 1.06 bits per heavy atom. The minimum atomic E-state index is -1.10. The van der Waals surface area contributed by atoms with Gasteiger partial charge in [-0.05, 0) is 49.6 Å². The van der Waals surface area contributed by atoms with Crippen LogP contribution in [-0.2, 0) is 26.3 Å². The maximum absolute atomic E-state index is 13.7. The first kappa shape index (κ1) is 19.2. The van der Waals surface area contributed by atoms with Gasteiger partial charge in [0.05, 0.1) is 11.8 Å². The van der Waals surface area contributed by atoms with Crippen molar-refractivity contribution >= 4 is 39.3 Å². The summed E-state index contributed by atoms with van der Waals surface area (Å²) in [6.07, 6.45) is 2.39. The number of carbonyl (C=O) groups excluding carboxylic acids is 3. The largest absolute Gasteiger partial charge is 0.324 e. The lowest BCUT2D eigenvalue weighted by Gasteiger charge is -2.36. The number of anilines is 1. The van der Waals surface area contributed by atoms with Crippen molar-refractivity contribution in [3.05, 3.63) is 64.1 Å². The van der Waals surface area contributed by atoms with Gasteiger partial charge in [-0.25, -0.2) is 0 Å².